The van der Waals surface area contributed by atoms with Gasteiger partial charge in [-0.05, 0) is 31.0 Å². The van der Waals surface area contributed by atoms with Crippen molar-refractivity contribution in [3.05, 3.63) is 54.0 Å². The average Bonchev–Trinajstić information content (AvgIpc) is 3.04. The van der Waals surface area contributed by atoms with Crippen molar-refractivity contribution in [3.63, 3.8) is 0 Å². The highest BCUT2D eigenvalue weighted by Gasteiger charge is 2.08. The molecule has 0 radical (unpaired) electrons. The molecule has 5 nitrogen and oxygen atoms in total. The van der Waals surface area contributed by atoms with Crippen LogP contribution >= 0.6 is 24.8 Å². The zero-order valence-corrected chi connectivity index (χ0v) is 15.4. The standard InChI is InChI=1S/C17H23N3O2.2ClH/c1-20(15-7-3-2-4-8-15)10-6-5-9-19-17(21)14-11-16(12-18)22-13-14;;/h2-4,7-8,11,13H,5-6,9-10,12,18H2,1H3,(H,19,21);2*1H. The Morgan fingerprint density at radius 2 is 1.92 bits per heavy atom. The molecule has 3 N–H and O–H groups in total. The molecule has 0 saturated heterocycles. The number of carbonyl (C=O) groups excluding carboxylic acids is 1. The molecule has 0 aliphatic rings. The molecule has 134 valence electrons. The monoisotopic (exact) mass is 373 g/mol. The number of hydrogen-bond donors (Lipinski definition) is 2. The summed E-state index contributed by atoms with van der Waals surface area (Å²) in [5.41, 5.74) is 7.19. The number of unbranched alkanes of at least 4 members (excludes halogenated alkanes) is 1. The third kappa shape index (κ3) is 6.83. The zero-order valence-electron chi connectivity index (χ0n) is 13.7. The maximum absolute atomic E-state index is 11.9. The van der Waals surface area contributed by atoms with Crippen LogP contribution in [0.3, 0.4) is 0 Å². The van der Waals surface area contributed by atoms with E-state index in [0.717, 1.165) is 19.4 Å². The number of para-hydroxylation sites is 1. The minimum Gasteiger partial charge on any atom is -0.467 e. The number of carbonyl (C=O) groups is 1. The number of anilines is 1. The molecule has 0 fully saturated rings. The average molecular weight is 374 g/mol. The van der Waals surface area contributed by atoms with Crippen LogP contribution in [0.4, 0.5) is 5.69 Å². The second-order valence-electron chi connectivity index (χ2n) is 5.23. The van der Waals surface area contributed by atoms with Gasteiger partial charge in [-0.25, -0.2) is 0 Å². The Morgan fingerprint density at radius 3 is 2.54 bits per heavy atom. The van der Waals surface area contributed by atoms with Gasteiger partial charge in [-0.15, -0.1) is 24.8 Å². The number of rotatable bonds is 8. The van der Waals surface area contributed by atoms with Gasteiger partial charge < -0.3 is 20.4 Å². The van der Waals surface area contributed by atoms with Gasteiger partial charge in [0.2, 0.25) is 0 Å². The first-order chi connectivity index (χ1) is 10.7. The van der Waals surface area contributed by atoms with Crippen molar-refractivity contribution >= 4 is 36.4 Å². The fourth-order valence-corrected chi connectivity index (χ4v) is 2.20. The summed E-state index contributed by atoms with van der Waals surface area (Å²) < 4.78 is 5.15. The normalized spacial score (nSPS) is 9.58. The highest BCUT2D eigenvalue weighted by Crippen LogP contribution is 2.11. The summed E-state index contributed by atoms with van der Waals surface area (Å²) in [6.07, 6.45) is 3.40. The molecule has 7 heteroatoms. The number of furan rings is 1. The highest BCUT2D eigenvalue weighted by atomic mass is 35.5. The first-order valence-corrected chi connectivity index (χ1v) is 7.52. The lowest BCUT2D eigenvalue weighted by Gasteiger charge is -2.19. The predicted octanol–water partition coefficient (Wildman–Crippen LogP) is 3.23. The predicted molar refractivity (Wildman–Crippen MR) is 102 cm³/mol. The summed E-state index contributed by atoms with van der Waals surface area (Å²) >= 11 is 0. The van der Waals surface area contributed by atoms with Gasteiger partial charge in [0.15, 0.2) is 0 Å². The van der Waals surface area contributed by atoms with E-state index in [1.165, 1.54) is 12.0 Å². The molecule has 1 aromatic carbocycles. The third-order valence-corrected chi connectivity index (χ3v) is 3.52. The number of halogens is 2. The van der Waals surface area contributed by atoms with E-state index in [9.17, 15) is 4.79 Å². The quantitative estimate of drug-likeness (QED) is 0.696. The number of amides is 1. The molecule has 0 atom stereocenters. The second kappa shape index (κ2) is 11.8. The van der Waals surface area contributed by atoms with Gasteiger partial charge in [-0.3, -0.25) is 4.79 Å². The van der Waals surface area contributed by atoms with Crippen LogP contribution in [0, 0.1) is 0 Å². The molecule has 0 unspecified atom stereocenters. The largest absolute Gasteiger partial charge is 0.467 e. The van der Waals surface area contributed by atoms with Crippen LogP contribution in [0.15, 0.2) is 47.1 Å². The van der Waals surface area contributed by atoms with Crippen LogP contribution in [-0.4, -0.2) is 26.0 Å². The van der Waals surface area contributed by atoms with Crippen LogP contribution in [0.1, 0.15) is 29.0 Å². The molecule has 1 heterocycles. The maximum atomic E-state index is 11.9. The van der Waals surface area contributed by atoms with E-state index in [1.807, 2.05) is 18.2 Å². The van der Waals surface area contributed by atoms with Crippen LogP contribution in [0.5, 0.6) is 0 Å². The Balaban J connectivity index is 0.00000264. The topological polar surface area (TPSA) is 71.5 Å². The Labute approximate surface area is 155 Å². The summed E-state index contributed by atoms with van der Waals surface area (Å²) in [7, 11) is 2.08. The molecule has 2 rings (SSSR count). The van der Waals surface area contributed by atoms with E-state index in [2.05, 4.69) is 29.4 Å². The number of nitrogens with zero attached hydrogens (tertiary/aromatic N) is 1. The van der Waals surface area contributed by atoms with E-state index >= 15 is 0 Å². The molecule has 0 aliphatic carbocycles. The minimum atomic E-state index is -0.111. The number of nitrogens with one attached hydrogen (secondary N) is 1. The molecule has 24 heavy (non-hydrogen) atoms. The summed E-state index contributed by atoms with van der Waals surface area (Å²) in [4.78, 5) is 14.1. The SMILES string of the molecule is CN(CCCCNC(=O)c1coc(CN)c1)c1ccccc1.Cl.Cl. The maximum Gasteiger partial charge on any atom is 0.254 e. The van der Waals surface area contributed by atoms with Crippen molar-refractivity contribution < 1.29 is 9.21 Å². The van der Waals surface area contributed by atoms with Crippen LogP contribution in [-0.2, 0) is 6.54 Å². The van der Waals surface area contributed by atoms with Crippen molar-refractivity contribution in [2.45, 2.75) is 19.4 Å². The molecule has 0 aliphatic heterocycles. The van der Waals surface area contributed by atoms with Gasteiger partial charge in [0.05, 0.1) is 12.1 Å². The van der Waals surface area contributed by atoms with Crippen LogP contribution in [0.25, 0.3) is 0 Å². The van der Waals surface area contributed by atoms with Crippen molar-refractivity contribution in [1.82, 2.24) is 5.32 Å². The van der Waals surface area contributed by atoms with E-state index < -0.39 is 0 Å². The van der Waals surface area contributed by atoms with E-state index in [0.29, 0.717) is 24.4 Å². The van der Waals surface area contributed by atoms with E-state index in [-0.39, 0.29) is 30.7 Å². The molecule has 0 bridgehead atoms. The molecular formula is C17H25Cl2N3O2. The molecule has 1 amide bonds. The van der Waals surface area contributed by atoms with Crippen molar-refractivity contribution in [1.29, 1.82) is 0 Å². The van der Waals surface area contributed by atoms with Gasteiger partial charge in [0.25, 0.3) is 5.91 Å². The van der Waals surface area contributed by atoms with Gasteiger partial charge in [0.1, 0.15) is 12.0 Å². The van der Waals surface area contributed by atoms with E-state index in [1.54, 1.807) is 6.07 Å². The molecule has 0 spiro atoms. The summed E-state index contributed by atoms with van der Waals surface area (Å²) in [5.74, 6) is 0.509. The zero-order chi connectivity index (χ0) is 15.8. The molecule has 0 saturated carbocycles. The van der Waals surface area contributed by atoms with Crippen molar-refractivity contribution in [2.75, 3.05) is 25.0 Å². The Bertz CT molecular complexity index is 591. The Morgan fingerprint density at radius 1 is 1.21 bits per heavy atom. The smallest absolute Gasteiger partial charge is 0.254 e. The van der Waals surface area contributed by atoms with Gasteiger partial charge >= 0.3 is 0 Å². The first kappa shape index (κ1) is 22.3. The molecule has 2 aromatic rings. The lowest BCUT2D eigenvalue weighted by Crippen LogP contribution is -2.25. The van der Waals surface area contributed by atoms with Crippen molar-refractivity contribution in [2.24, 2.45) is 5.73 Å². The minimum absolute atomic E-state index is 0. The summed E-state index contributed by atoms with van der Waals surface area (Å²) in [5, 5.41) is 2.89. The van der Waals surface area contributed by atoms with Crippen molar-refractivity contribution in [3.8, 4) is 0 Å². The second-order valence-corrected chi connectivity index (χ2v) is 5.23. The number of hydrogen-bond acceptors (Lipinski definition) is 4. The Kier molecular flexibility index (Phi) is 11.0. The molecular weight excluding hydrogens is 349 g/mol. The van der Waals surface area contributed by atoms with Gasteiger partial charge in [-0.2, -0.15) is 0 Å². The number of nitrogens with two attached hydrogens (primary N) is 1. The summed E-state index contributed by atoms with van der Waals surface area (Å²) in [6.45, 7) is 1.92. The fourth-order valence-electron chi connectivity index (χ4n) is 2.20. The summed E-state index contributed by atoms with van der Waals surface area (Å²) in [6, 6.07) is 11.9. The van der Waals surface area contributed by atoms with Crippen LogP contribution < -0.4 is 16.0 Å². The lowest BCUT2D eigenvalue weighted by molar-refractivity contribution is 0.0952. The van der Waals surface area contributed by atoms with Gasteiger partial charge in [0, 0.05) is 25.8 Å². The van der Waals surface area contributed by atoms with Crippen LogP contribution in [0.2, 0.25) is 0 Å². The van der Waals surface area contributed by atoms with E-state index in [4.69, 9.17) is 10.2 Å². The van der Waals surface area contributed by atoms with Gasteiger partial charge in [-0.1, -0.05) is 18.2 Å². The highest BCUT2D eigenvalue weighted by molar-refractivity contribution is 5.93. The first-order valence-electron chi connectivity index (χ1n) is 7.52. The molecule has 1 aromatic heterocycles. The lowest BCUT2D eigenvalue weighted by atomic mass is 10.2. The Hall–Kier alpha value is -1.69. The fraction of sp³-hybridized carbons (Fsp3) is 0.353. The number of benzene rings is 1. The third-order valence-electron chi connectivity index (χ3n) is 3.52.